The smallest absolute Gasteiger partial charge is 0.126 e. The van der Waals surface area contributed by atoms with Crippen LogP contribution in [0.4, 0.5) is 8.78 Å². The summed E-state index contributed by atoms with van der Waals surface area (Å²) >= 11 is 0. The van der Waals surface area contributed by atoms with Crippen molar-refractivity contribution in [3.05, 3.63) is 35.4 Å². The molecule has 1 rings (SSSR count). The zero-order valence-electron chi connectivity index (χ0n) is 8.84. The SMILES string of the molecule is CCC(C)[C@@H](N)c1cc(F)cc(F)c1.Cl. The minimum atomic E-state index is -0.571. The summed E-state index contributed by atoms with van der Waals surface area (Å²) in [7, 11) is 0. The molecule has 0 fully saturated rings. The van der Waals surface area contributed by atoms with E-state index >= 15 is 0 Å². The molecule has 0 radical (unpaired) electrons. The molecule has 1 aromatic rings. The minimum absolute atomic E-state index is 0. The largest absolute Gasteiger partial charge is 0.324 e. The van der Waals surface area contributed by atoms with Crippen molar-refractivity contribution in [3.8, 4) is 0 Å². The summed E-state index contributed by atoms with van der Waals surface area (Å²) in [6.45, 7) is 3.97. The van der Waals surface area contributed by atoms with Crippen molar-refractivity contribution in [3.63, 3.8) is 0 Å². The number of hydrogen-bond donors (Lipinski definition) is 1. The summed E-state index contributed by atoms with van der Waals surface area (Å²) in [5.41, 5.74) is 6.38. The monoisotopic (exact) mass is 235 g/mol. The molecule has 0 saturated heterocycles. The lowest BCUT2D eigenvalue weighted by molar-refractivity contribution is 0.451. The van der Waals surface area contributed by atoms with Crippen LogP contribution in [0.2, 0.25) is 0 Å². The number of rotatable bonds is 3. The molecule has 0 aliphatic heterocycles. The van der Waals surface area contributed by atoms with Gasteiger partial charge in [0.05, 0.1) is 0 Å². The van der Waals surface area contributed by atoms with Gasteiger partial charge in [0.25, 0.3) is 0 Å². The van der Waals surface area contributed by atoms with Crippen LogP contribution in [0.1, 0.15) is 31.9 Å². The second-order valence-electron chi connectivity index (χ2n) is 3.61. The van der Waals surface area contributed by atoms with Gasteiger partial charge < -0.3 is 5.73 Å². The van der Waals surface area contributed by atoms with Crippen LogP contribution in [0.25, 0.3) is 0 Å². The van der Waals surface area contributed by atoms with Crippen LogP contribution in [-0.2, 0) is 0 Å². The van der Waals surface area contributed by atoms with E-state index in [1.54, 1.807) is 0 Å². The molecule has 0 aromatic heterocycles. The molecule has 0 heterocycles. The molecule has 2 N–H and O–H groups in total. The fourth-order valence-corrected chi connectivity index (χ4v) is 1.35. The van der Waals surface area contributed by atoms with E-state index in [0.717, 1.165) is 12.5 Å². The zero-order chi connectivity index (χ0) is 10.7. The van der Waals surface area contributed by atoms with E-state index in [9.17, 15) is 8.78 Å². The lowest BCUT2D eigenvalue weighted by Gasteiger charge is -2.18. The third-order valence-corrected chi connectivity index (χ3v) is 2.53. The molecular formula is C11H16ClF2N. The first kappa shape index (κ1) is 14.3. The van der Waals surface area contributed by atoms with Crippen LogP contribution in [-0.4, -0.2) is 0 Å². The van der Waals surface area contributed by atoms with Gasteiger partial charge in [0.15, 0.2) is 0 Å². The van der Waals surface area contributed by atoms with Crippen LogP contribution >= 0.6 is 12.4 Å². The van der Waals surface area contributed by atoms with Crippen LogP contribution in [0, 0.1) is 17.6 Å². The molecule has 2 atom stereocenters. The van der Waals surface area contributed by atoms with Gasteiger partial charge in [-0.3, -0.25) is 0 Å². The second kappa shape index (κ2) is 6.03. The molecule has 1 unspecified atom stereocenters. The summed E-state index contributed by atoms with van der Waals surface area (Å²) < 4.78 is 25.7. The molecule has 86 valence electrons. The first-order valence-electron chi connectivity index (χ1n) is 4.76. The summed E-state index contributed by atoms with van der Waals surface area (Å²) in [6.07, 6.45) is 0.888. The Hall–Kier alpha value is -0.670. The molecule has 0 spiro atoms. The first-order valence-corrected chi connectivity index (χ1v) is 4.76. The highest BCUT2D eigenvalue weighted by Crippen LogP contribution is 2.23. The quantitative estimate of drug-likeness (QED) is 0.854. The van der Waals surface area contributed by atoms with E-state index in [2.05, 4.69) is 0 Å². The van der Waals surface area contributed by atoms with Crippen LogP contribution in [0.3, 0.4) is 0 Å². The Bertz CT molecular complexity index is 297. The van der Waals surface area contributed by atoms with Crippen molar-refractivity contribution in [2.75, 3.05) is 0 Å². The van der Waals surface area contributed by atoms with E-state index < -0.39 is 11.6 Å². The van der Waals surface area contributed by atoms with Gasteiger partial charge in [0.1, 0.15) is 11.6 Å². The lowest BCUT2D eigenvalue weighted by atomic mass is 9.93. The summed E-state index contributed by atoms with van der Waals surface area (Å²) in [5, 5.41) is 0. The first-order chi connectivity index (χ1) is 6.54. The van der Waals surface area contributed by atoms with Gasteiger partial charge in [0.2, 0.25) is 0 Å². The number of benzene rings is 1. The van der Waals surface area contributed by atoms with Crippen LogP contribution in [0.15, 0.2) is 18.2 Å². The Morgan fingerprint density at radius 1 is 1.20 bits per heavy atom. The fraction of sp³-hybridized carbons (Fsp3) is 0.455. The molecule has 0 aliphatic carbocycles. The van der Waals surface area contributed by atoms with Gasteiger partial charge in [0, 0.05) is 12.1 Å². The van der Waals surface area contributed by atoms with E-state index in [-0.39, 0.29) is 24.4 Å². The highest BCUT2D eigenvalue weighted by molar-refractivity contribution is 5.85. The van der Waals surface area contributed by atoms with Crippen LogP contribution in [0.5, 0.6) is 0 Å². The maximum atomic E-state index is 12.9. The number of hydrogen-bond acceptors (Lipinski definition) is 1. The Kier molecular flexibility index (Phi) is 5.76. The third-order valence-electron chi connectivity index (χ3n) is 2.53. The zero-order valence-corrected chi connectivity index (χ0v) is 9.65. The number of nitrogens with two attached hydrogens (primary N) is 1. The van der Waals surface area contributed by atoms with E-state index in [0.29, 0.717) is 5.56 Å². The molecule has 1 aromatic carbocycles. The van der Waals surface area contributed by atoms with Gasteiger partial charge in [-0.25, -0.2) is 8.78 Å². The fourth-order valence-electron chi connectivity index (χ4n) is 1.35. The molecule has 1 nitrogen and oxygen atoms in total. The third kappa shape index (κ3) is 3.76. The normalized spacial score (nSPS) is 14.2. The molecule has 15 heavy (non-hydrogen) atoms. The van der Waals surface area contributed by atoms with Crippen molar-refractivity contribution in [2.24, 2.45) is 11.7 Å². The molecule has 0 bridgehead atoms. The van der Waals surface area contributed by atoms with E-state index in [4.69, 9.17) is 5.73 Å². The Balaban J connectivity index is 0.00000196. The van der Waals surface area contributed by atoms with Gasteiger partial charge in [-0.2, -0.15) is 0 Å². The average Bonchev–Trinajstić information content (AvgIpc) is 2.14. The topological polar surface area (TPSA) is 26.0 Å². The predicted molar refractivity (Wildman–Crippen MR) is 60.0 cm³/mol. The molecule has 4 heteroatoms. The van der Waals surface area contributed by atoms with E-state index in [1.165, 1.54) is 12.1 Å². The maximum absolute atomic E-state index is 12.9. The average molecular weight is 236 g/mol. The van der Waals surface area contributed by atoms with Crippen molar-refractivity contribution in [1.82, 2.24) is 0 Å². The predicted octanol–water partition coefficient (Wildman–Crippen LogP) is 3.43. The second-order valence-corrected chi connectivity index (χ2v) is 3.61. The molecule has 0 aliphatic rings. The summed E-state index contributed by atoms with van der Waals surface area (Å²) in [5.74, 6) is -0.922. The number of halogens is 3. The van der Waals surface area contributed by atoms with Crippen molar-refractivity contribution in [2.45, 2.75) is 26.3 Å². The minimum Gasteiger partial charge on any atom is -0.324 e. The molecular weight excluding hydrogens is 220 g/mol. The van der Waals surface area contributed by atoms with Crippen molar-refractivity contribution < 1.29 is 8.78 Å². The van der Waals surface area contributed by atoms with Crippen molar-refractivity contribution >= 4 is 12.4 Å². The molecule has 0 amide bonds. The lowest BCUT2D eigenvalue weighted by Crippen LogP contribution is -2.18. The maximum Gasteiger partial charge on any atom is 0.126 e. The van der Waals surface area contributed by atoms with Gasteiger partial charge in [-0.1, -0.05) is 20.3 Å². The van der Waals surface area contributed by atoms with E-state index in [1.807, 2.05) is 13.8 Å². The standard InChI is InChI=1S/C11H15F2N.ClH/c1-3-7(2)11(14)8-4-9(12)6-10(13)5-8;/h4-7,11H,3,14H2,1-2H3;1H/t7?,11-;/m1./s1. The summed E-state index contributed by atoms with van der Waals surface area (Å²) in [4.78, 5) is 0. The Morgan fingerprint density at radius 2 is 1.67 bits per heavy atom. The van der Waals surface area contributed by atoms with Gasteiger partial charge >= 0.3 is 0 Å². The highest BCUT2D eigenvalue weighted by atomic mass is 35.5. The Labute approximate surface area is 95.1 Å². The molecule has 0 saturated carbocycles. The highest BCUT2D eigenvalue weighted by Gasteiger charge is 2.14. The van der Waals surface area contributed by atoms with Crippen LogP contribution < -0.4 is 5.73 Å². The van der Waals surface area contributed by atoms with Gasteiger partial charge in [-0.15, -0.1) is 12.4 Å². The van der Waals surface area contributed by atoms with Gasteiger partial charge in [-0.05, 0) is 23.6 Å². The Morgan fingerprint density at radius 3 is 2.07 bits per heavy atom. The van der Waals surface area contributed by atoms with Crippen molar-refractivity contribution in [1.29, 1.82) is 0 Å². The summed E-state index contributed by atoms with van der Waals surface area (Å²) in [6, 6.07) is 3.14.